The third-order valence-corrected chi connectivity index (χ3v) is 3.38. The van der Waals surface area contributed by atoms with Crippen LogP contribution in [0, 0.1) is 0 Å². The number of aromatic nitrogens is 1. The molecule has 0 bridgehead atoms. The van der Waals surface area contributed by atoms with Crippen molar-refractivity contribution in [1.82, 2.24) is 4.57 Å². The van der Waals surface area contributed by atoms with E-state index < -0.39 is 28.6 Å². The van der Waals surface area contributed by atoms with E-state index in [0.717, 1.165) is 23.4 Å². The van der Waals surface area contributed by atoms with Gasteiger partial charge >= 0.3 is 5.97 Å². The minimum atomic E-state index is -0.995. The number of primary amides is 1. The average molecular weight is 344 g/mol. The molecule has 0 saturated heterocycles. The van der Waals surface area contributed by atoms with Gasteiger partial charge in [-0.05, 0) is 5.56 Å². The molecule has 1 heterocycles. The number of methoxy groups -OCH3 is 1. The van der Waals surface area contributed by atoms with Gasteiger partial charge < -0.3 is 24.6 Å². The molecule has 0 aliphatic heterocycles. The highest BCUT2D eigenvalue weighted by Crippen LogP contribution is 2.18. The molecule has 1 aromatic heterocycles. The number of hydrogen-bond donors (Lipinski definition) is 1. The summed E-state index contributed by atoms with van der Waals surface area (Å²) in [5.41, 5.74) is 4.45. The number of amides is 1. The fourth-order valence-electron chi connectivity index (χ4n) is 2.21. The van der Waals surface area contributed by atoms with E-state index >= 15 is 0 Å². The lowest BCUT2D eigenvalue weighted by atomic mass is 10.2. The van der Waals surface area contributed by atoms with Crippen LogP contribution in [0.15, 0.2) is 41.3 Å². The van der Waals surface area contributed by atoms with Crippen LogP contribution in [-0.2, 0) is 22.7 Å². The number of nitrogens with two attached hydrogens (primary N) is 1. The van der Waals surface area contributed by atoms with Gasteiger partial charge in [-0.15, -0.1) is 0 Å². The molecule has 8 heteroatoms. The first-order valence-corrected chi connectivity index (χ1v) is 7.25. The van der Waals surface area contributed by atoms with Gasteiger partial charge in [-0.2, -0.15) is 0 Å². The van der Waals surface area contributed by atoms with Crippen LogP contribution >= 0.6 is 0 Å². The second-order valence-corrected chi connectivity index (χ2v) is 5.00. The molecular formula is C17H16N2O6. The normalized spacial score (nSPS) is 10.1. The maximum Gasteiger partial charge on any atom is 0.358 e. The van der Waals surface area contributed by atoms with Crippen molar-refractivity contribution in [3.05, 3.63) is 63.6 Å². The SMILES string of the molecule is COC(=O)c1c(OCc2ccccc2)c(=O)c(C(N)=O)cn1CC=O. The molecule has 2 aromatic rings. The van der Waals surface area contributed by atoms with E-state index in [1.165, 1.54) is 0 Å². The third-order valence-electron chi connectivity index (χ3n) is 3.38. The zero-order valence-electron chi connectivity index (χ0n) is 13.4. The zero-order valence-corrected chi connectivity index (χ0v) is 13.4. The lowest BCUT2D eigenvalue weighted by Crippen LogP contribution is -2.29. The largest absolute Gasteiger partial charge is 0.482 e. The maximum absolute atomic E-state index is 12.5. The van der Waals surface area contributed by atoms with Gasteiger partial charge in [0.2, 0.25) is 5.43 Å². The molecule has 0 spiro atoms. The van der Waals surface area contributed by atoms with Crippen molar-refractivity contribution >= 4 is 18.2 Å². The highest BCUT2D eigenvalue weighted by Gasteiger charge is 2.25. The monoisotopic (exact) mass is 344 g/mol. The highest BCUT2D eigenvalue weighted by atomic mass is 16.5. The Hall–Kier alpha value is -3.42. The Morgan fingerprint density at radius 2 is 1.92 bits per heavy atom. The summed E-state index contributed by atoms with van der Waals surface area (Å²) in [6.07, 6.45) is 1.55. The first-order valence-electron chi connectivity index (χ1n) is 7.25. The van der Waals surface area contributed by atoms with Crippen LogP contribution in [0.3, 0.4) is 0 Å². The Morgan fingerprint density at radius 1 is 1.24 bits per heavy atom. The molecule has 130 valence electrons. The Bertz CT molecular complexity index is 857. The summed E-state index contributed by atoms with van der Waals surface area (Å²) in [7, 11) is 1.13. The van der Waals surface area contributed by atoms with Crippen molar-refractivity contribution in [2.24, 2.45) is 5.73 Å². The summed E-state index contributed by atoms with van der Waals surface area (Å²) < 4.78 is 11.3. The summed E-state index contributed by atoms with van der Waals surface area (Å²) in [6.45, 7) is -0.309. The molecule has 1 aromatic carbocycles. The Balaban J connectivity index is 2.59. The van der Waals surface area contributed by atoms with Gasteiger partial charge in [-0.1, -0.05) is 30.3 Å². The molecule has 2 N–H and O–H groups in total. The van der Waals surface area contributed by atoms with Crippen LogP contribution in [0.4, 0.5) is 0 Å². The van der Waals surface area contributed by atoms with Crippen LogP contribution in [0.5, 0.6) is 5.75 Å². The van der Waals surface area contributed by atoms with Gasteiger partial charge in [0.05, 0.1) is 13.7 Å². The number of rotatable bonds is 7. The standard InChI is InChI=1S/C17H16N2O6/c1-24-17(23)13-15(25-10-11-5-3-2-4-6-11)14(21)12(16(18)22)9-19(13)7-8-20/h2-6,8-9H,7,10H2,1H3,(H2,18,22). The van der Waals surface area contributed by atoms with E-state index in [4.69, 9.17) is 10.5 Å². The van der Waals surface area contributed by atoms with Crippen LogP contribution in [0.25, 0.3) is 0 Å². The molecule has 0 aliphatic carbocycles. The molecule has 8 nitrogen and oxygen atoms in total. The summed E-state index contributed by atoms with van der Waals surface area (Å²) in [4.78, 5) is 47.0. The quantitative estimate of drug-likeness (QED) is 0.578. The van der Waals surface area contributed by atoms with Gasteiger partial charge in [0.1, 0.15) is 18.5 Å². The highest BCUT2D eigenvalue weighted by molar-refractivity contribution is 5.96. The number of hydrogen-bond acceptors (Lipinski definition) is 6. The molecule has 0 aliphatic rings. The Morgan fingerprint density at radius 3 is 2.48 bits per heavy atom. The molecule has 2 rings (SSSR count). The number of pyridine rings is 1. The van der Waals surface area contributed by atoms with Gasteiger partial charge in [0, 0.05) is 6.20 Å². The Labute approximate surface area is 142 Å². The molecule has 0 saturated carbocycles. The molecular weight excluding hydrogens is 328 g/mol. The molecule has 0 unspecified atom stereocenters. The van der Waals surface area contributed by atoms with Gasteiger partial charge in [-0.3, -0.25) is 9.59 Å². The minimum absolute atomic E-state index is 0.0244. The smallest absolute Gasteiger partial charge is 0.358 e. The van der Waals surface area contributed by atoms with Gasteiger partial charge in [0.15, 0.2) is 11.4 Å². The van der Waals surface area contributed by atoms with E-state index in [-0.39, 0.29) is 18.8 Å². The number of esters is 1. The summed E-state index contributed by atoms with van der Waals surface area (Å²) in [5, 5.41) is 0. The first-order chi connectivity index (χ1) is 12.0. The molecule has 25 heavy (non-hydrogen) atoms. The predicted molar refractivity (Wildman–Crippen MR) is 87.4 cm³/mol. The van der Waals surface area contributed by atoms with Crippen molar-refractivity contribution in [2.75, 3.05) is 7.11 Å². The lowest BCUT2D eigenvalue weighted by Gasteiger charge is -2.16. The van der Waals surface area contributed by atoms with E-state index in [0.29, 0.717) is 6.29 Å². The summed E-state index contributed by atoms with van der Waals surface area (Å²) in [6, 6.07) is 8.91. The van der Waals surface area contributed by atoms with Crippen molar-refractivity contribution < 1.29 is 23.9 Å². The fourth-order valence-corrected chi connectivity index (χ4v) is 2.21. The molecule has 0 atom stereocenters. The molecule has 0 fully saturated rings. The number of ether oxygens (including phenoxy) is 2. The summed E-state index contributed by atoms with van der Waals surface area (Å²) >= 11 is 0. The average Bonchev–Trinajstić information content (AvgIpc) is 2.61. The molecule has 1 amide bonds. The van der Waals surface area contributed by atoms with Crippen molar-refractivity contribution in [2.45, 2.75) is 13.2 Å². The maximum atomic E-state index is 12.5. The number of carbonyl (C=O) groups is 3. The van der Waals surface area contributed by atoms with Crippen LogP contribution < -0.4 is 15.9 Å². The van der Waals surface area contributed by atoms with E-state index in [1.807, 2.05) is 6.07 Å². The minimum Gasteiger partial charge on any atom is -0.482 e. The number of aldehydes is 1. The number of carbonyl (C=O) groups excluding carboxylic acids is 3. The molecule has 0 radical (unpaired) electrons. The predicted octanol–water partition coefficient (Wildman–Crippen LogP) is 0.512. The summed E-state index contributed by atoms with van der Waals surface area (Å²) in [5.74, 6) is -2.27. The van der Waals surface area contributed by atoms with Crippen molar-refractivity contribution in [3.8, 4) is 5.75 Å². The van der Waals surface area contributed by atoms with Gasteiger partial charge in [0.25, 0.3) is 5.91 Å². The van der Waals surface area contributed by atoms with E-state index in [2.05, 4.69) is 4.74 Å². The number of nitrogens with zero attached hydrogens (tertiary/aromatic N) is 1. The van der Waals surface area contributed by atoms with Gasteiger partial charge in [-0.25, -0.2) is 4.79 Å². The van der Waals surface area contributed by atoms with E-state index in [1.54, 1.807) is 24.3 Å². The van der Waals surface area contributed by atoms with Crippen molar-refractivity contribution in [3.63, 3.8) is 0 Å². The third kappa shape index (κ3) is 3.92. The van der Waals surface area contributed by atoms with Crippen molar-refractivity contribution in [1.29, 1.82) is 0 Å². The second kappa shape index (κ2) is 7.91. The lowest BCUT2D eigenvalue weighted by molar-refractivity contribution is -0.108. The topological polar surface area (TPSA) is 118 Å². The van der Waals surface area contributed by atoms with Crippen LogP contribution in [0.1, 0.15) is 26.4 Å². The number of benzene rings is 1. The fraction of sp³-hybridized carbons (Fsp3) is 0.176. The first kappa shape index (κ1) is 17.9. The second-order valence-electron chi connectivity index (χ2n) is 5.00. The zero-order chi connectivity index (χ0) is 18.4. The van der Waals surface area contributed by atoms with E-state index in [9.17, 15) is 19.2 Å². The van der Waals surface area contributed by atoms with Crippen LogP contribution in [-0.4, -0.2) is 29.8 Å². The Kier molecular flexibility index (Phi) is 5.67. The van der Waals surface area contributed by atoms with Crippen LogP contribution in [0.2, 0.25) is 0 Å².